The Morgan fingerprint density at radius 2 is 1.91 bits per heavy atom. The third kappa shape index (κ3) is 3.02. The minimum Gasteiger partial charge on any atom is -0.282 e. The van der Waals surface area contributed by atoms with Crippen LogP contribution in [0.25, 0.3) is 11.3 Å². The summed E-state index contributed by atoms with van der Waals surface area (Å²) in [5, 5.41) is 6.87. The first kappa shape index (κ1) is 15.1. The van der Waals surface area contributed by atoms with E-state index in [1.807, 2.05) is 6.92 Å². The van der Waals surface area contributed by atoms with E-state index in [1.54, 1.807) is 18.6 Å². The Hall–Kier alpha value is -1.80. The van der Waals surface area contributed by atoms with Crippen LogP contribution in [0.3, 0.4) is 0 Å². The fourth-order valence-electron chi connectivity index (χ4n) is 2.78. The number of hydrogen-bond donors (Lipinski definition) is 1. The first-order valence-corrected chi connectivity index (χ1v) is 9.07. The van der Waals surface area contributed by atoms with Crippen LogP contribution in [0.1, 0.15) is 30.1 Å². The molecule has 0 radical (unpaired) electrons. The van der Waals surface area contributed by atoms with Crippen LogP contribution in [0.4, 0.5) is 0 Å². The molecular weight excluding hydrogens is 302 g/mol. The number of aromatic nitrogens is 4. The molecule has 1 aliphatic heterocycles. The predicted octanol–water partition coefficient (Wildman–Crippen LogP) is 1.31. The van der Waals surface area contributed by atoms with Gasteiger partial charge in [-0.25, -0.2) is 12.7 Å². The molecule has 3 heterocycles. The third-order valence-corrected chi connectivity index (χ3v) is 5.42. The van der Waals surface area contributed by atoms with Crippen LogP contribution in [0, 0.1) is 6.92 Å². The van der Waals surface area contributed by atoms with Crippen LogP contribution in [0.15, 0.2) is 18.6 Å². The van der Waals surface area contributed by atoms with Crippen molar-refractivity contribution < 1.29 is 8.42 Å². The summed E-state index contributed by atoms with van der Waals surface area (Å²) in [5.74, 6) is 0.269. The minimum absolute atomic E-state index is 0.269. The molecule has 22 heavy (non-hydrogen) atoms. The van der Waals surface area contributed by atoms with Crippen molar-refractivity contribution in [3.63, 3.8) is 0 Å². The summed E-state index contributed by atoms with van der Waals surface area (Å²) < 4.78 is 24.6. The van der Waals surface area contributed by atoms with Crippen molar-refractivity contribution in [2.24, 2.45) is 0 Å². The maximum Gasteiger partial charge on any atom is 0.211 e. The van der Waals surface area contributed by atoms with Gasteiger partial charge >= 0.3 is 0 Å². The lowest BCUT2D eigenvalue weighted by molar-refractivity contribution is 0.318. The smallest absolute Gasteiger partial charge is 0.211 e. The highest BCUT2D eigenvalue weighted by Gasteiger charge is 2.26. The number of aryl methyl sites for hydroxylation is 1. The molecule has 3 rings (SSSR count). The maximum atomic E-state index is 11.5. The van der Waals surface area contributed by atoms with Crippen LogP contribution in [-0.2, 0) is 10.0 Å². The molecule has 0 saturated carbocycles. The monoisotopic (exact) mass is 321 g/mol. The number of nitrogens with zero attached hydrogens (tertiary/aromatic N) is 4. The molecule has 0 atom stereocenters. The molecule has 0 aromatic carbocycles. The van der Waals surface area contributed by atoms with E-state index in [4.69, 9.17) is 0 Å². The van der Waals surface area contributed by atoms with E-state index in [1.165, 1.54) is 10.6 Å². The van der Waals surface area contributed by atoms with Crippen molar-refractivity contribution in [1.82, 2.24) is 24.5 Å². The van der Waals surface area contributed by atoms with E-state index in [0.29, 0.717) is 13.1 Å². The van der Waals surface area contributed by atoms with Crippen LogP contribution >= 0.6 is 0 Å². The molecule has 7 nitrogen and oxygen atoms in total. The van der Waals surface area contributed by atoms with E-state index in [9.17, 15) is 8.42 Å². The number of hydrogen-bond acceptors (Lipinski definition) is 5. The van der Waals surface area contributed by atoms with E-state index >= 15 is 0 Å². The highest BCUT2D eigenvalue weighted by Crippen LogP contribution is 2.28. The van der Waals surface area contributed by atoms with Crippen LogP contribution in [0.2, 0.25) is 0 Å². The van der Waals surface area contributed by atoms with Gasteiger partial charge in [0.2, 0.25) is 10.0 Å². The van der Waals surface area contributed by atoms with Gasteiger partial charge in [-0.3, -0.25) is 15.1 Å². The molecular formula is C14H19N5O2S. The van der Waals surface area contributed by atoms with E-state index in [2.05, 4.69) is 20.2 Å². The van der Waals surface area contributed by atoms with Crippen molar-refractivity contribution >= 4 is 10.0 Å². The van der Waals surface area contributed by atoms with Crippen LogP contribution < -0.4 is 0 Å². The van der Waals surface area contributed by atoms with Crippen molar-refractivity contribution in [3.05, 3.63) is 30.0 Å². The van der Waals surface area contributed by atoms with Gasteiger partial charge in [-0.15, -0.1) is 0 Å². The fraction of sp³-hybridized carbons (Fsp3) is 0.500. The lowest BCUT2D eigenvalue weighted by Gasteiger charge is -2.29. The summed E-state index contributed by atoms with van der Waals surface area (Å²) in [7, 11) is -3.09. The Morgan fingerprint density at radius 3 is 2.41 bits per heavy atom. The summed E-state index contributed by atoms with van der Waals surface area (Å²) in [5.41, 5.74) is 3.64. The summed E-state index contributed by atoms with van der Waals surface area (Å²) >= 11 is 0. The molecule has 1 N–H and O–H groups in total. The zero-order valence-corrected chi connectivity index (χ0v) is 13.5. The SMILES string of the molecule is Cc1[nH]ncc1-c1cnc(C2CCN(S(C)(=O)=O)CC2)cn1. The number of H-pyrrole nitrogens is 1. The van der Waals surface area contributed by atoms with E-state index < -0.39 is 10.0 Å². The molecule has 8 heteroatoms. The Balaban J connectivity index is 1.71. The molecule has 1 aliphatic rings. The molecule has 2 aromatic heterocycles. The maximum absolute atomic E-state index is 11.5. The van der Waals surface area contributed by atoms with Crippen molar-refractivity contribution in [3.8, 4) is 11.3 Å². The second-order valence-electron chi connectivity index (χ2n) is 5.67. The number of rotatable bonds is 3. The molecule has 1 saturated heterocycles. The summed E-state index contributed by atoms with van der Waals surface area (Å²) in [6, 6.07) is 0. The van der Waals surface area contributed by atoms with Gasteiger partial charge in [0, 0.05) is 36.5 Å². The molecule has 0 amide bonds. The van der Waals surface area contributed by atoms with Gasteiger partial charge in [0.05, 0.1) is 30.0 Å². The largest absolute Gasteiger partial charge is 0.282 e. The quantitative estimate of drug-likeness (QED) is 0.920. The highest BCUT2D eigenvalue weighted by molar-refractivity contribution is 7.88. The van der Waals surface area contributed by atoms with Crippen LogP contribution in [0.5, 0.6) is 0 Å². The lowest BCUT2D eigenvalue weighted by atomic mass is 9.95. The fourth-order valence-corrected chi connectivity index (χ4v) is 3.65. The Morgan fingerprint density at radius 1 is 1.18 bits per heavy atom. The van der Waals surface area contributed by atoms with Crippen molar-refractivity contribution in [2.45, 2.75) is 25.7 Å². The standard InChI is InChI=1S/C14H19N5O2S/c1-10-12(7-17-18-10)14-9-15-13(8-16-14)11-3-5-19(6-4-11)22(2,20)21/h7-9,11H,3-6H2,1-2H3,(H,17,18). The van der Waals surface area contributed by atoms with Crippen molar-refractivity contribution in [2.75, 3.05) is 19.3 Å². The number of aromatic amines is 1. The summed E-state index contributed by atoms with van der Waals surface area (Å²) in [6.07, 6.45) is 8.12. The van der Waals surface area contributed by atoms with Crippen LogP contribution in [-0.4, -0.2) is 52.2 Å². The van der Waals surface area contributed by atoms with Gasteiger partial charge in [-0.05, 0) is 19.8 Å². The second kappa shape index (κ2) is 5.77. The Labute approximate surface area is 129 Å². The first-order chi connectivity index (χ1) is 10.4. The van der Waals surface area contributed by atoms with Gasteiger partial charge in [-0.2, -0.15) is 5.10 Å². The first-order valence-electron chi connectivity index (χ1n) is 7.22. The molecule has 0 unspecified atom stereocenters. The minimum atomic E-state index is -3.09. The number of nitrogens with one attached hydrogen (secondary N) is 1. The molecule has 0 aliphatic carbocycles. The third-order valence-electron chi connectivity index (χ3n) is 4.12. The van der Waals surface area contributed by atoms with Gasteiger partial charge < -0.3 is 0 Å². The zero-order chi connectivity index (χ0) is 15.7. The molecule has 0 spiro atoms. The highest BCUT2D eigenvalue weighted by atomic mass is 32.2. The second-order valence-corrected chi connectivity index (χ2v) is 7.65. The van der Waals surface area contributed by atoms with E-state index in [-0.39, 0.29) is 5.92 Å². The Kier molecular flexibility index (Phi) is 3.96. The van der Waals surface area contributed by atoms with Gasteiger partial charge in [0.15, 0.2) is 0 Å². The zero-order valence-electron chi connectivity index (χ0n) is 12.7. The molecule has 118 valence electrons. The van der Waals surface area contributed by atoms with E-state index in [0.717, 1.165) is 35.5 Å². The predicted molar refractivity (Wildman–Crippen MR) is 82.7 cm³/mol. The number of piperidine rings is 1. The van der Waals surface area contributed by atoms with Gasteiger partial charge in [0.25, 0.3) is 0 Å². The topological polar surface area (TPSA) is 91.8 Å². The molecule has 1 fully saturated rings. The normalized spacial score (nSPS) is 17.7. The molecule has 2 aromatic rings. The number of sulfonamides is 1. The molecule has 0 bridgehead atoms. The van der Waals surface area contributed by atoms with Crippen molar-refractivity contribution in [1.29, 1.82) is 0 Å². The Bertz CT molecular complexity index is 746. The lowest BCUT2D eigenvalue weighted by Crippen LogP contribution is -2.37. The van der Waals surface area contributed by atoms with Gasteiger partial charge in [0.1, 0.15) is 0 Å². The summed E-state index contributed by atoms with van der Waals surface area (Å²) in [4.78, 5) is 8.99. The average Bonchev–Trinajstić information content (AvgIpc) is 2.93. The average molecular weight is 321 g/mol. The van der Waals surface area contributed by atoms with Gasteiger partial charge in [-0.1, -0.05) is 0 Å². The summed E-state index contributed by atoms with van der Waals surface area (Å²) in [6.45, 7) is 3.04.